The van der Waals surface area contributed by atoms with Crippen LogP contribution in [-0.2, 0) is 11.2 Å². The van der Waals surface area contributed by atoms with Gasteiger partial charge in [-0.2, -0.15) is 0 Å². The Labute approximate surface area is 105 Å². The van der Waals surface area contributed by atoms with Gasteiger partial charge in [-0.3, -0.25) is 9.78 Å². The van der Waals surface area contributed by atoms with Gasteiger partial charge >= 0.3 is 0 Å². The minimum Gasteiger partial charge on any atom is -0.355 e. The first-order chi connectivity index (χ1) is 7.61. The van der Waals surface area contributed by atoms with E-state index in [0.29, 0.717) is 12.5 Å². The molecule has 1 N–H and O–H groups in total. The summed E-state index contributed by atoms with van der Waals surface area (Å²) in [5.74, 6) is 0.359. The average Bonchev–Trinajstić information content (AvgIpc) is 2.29. The molecule has 0 saturated carbocycles. The molecule has 88 valence electrons. The molecule has 1 amide bonds. The predicted molar refractivity (Wildman–Crippen MR) is 68.5 cm³/mol. The maximum absolute atomic E-state index is 11.6. The Bertz CT molecular complexity index is 327. The zero-order valence-corrected chi connectivity index (χ0v) is 11.2. The van der Waals surface area contributed by atoms with Gasteiger partial charge in [0.15, 0.2) is 0 Å². The van der Waals surface area contributed by atoms with E-state index in [1.54, 1.807) is 6.20 Å². The van der Waals surface area contributed by atoms with Crippen molar-refractivity contribution in [2.24, 2.45) is 5.92 Å². The Morgan fingerprint density at radius 3 is 2.88 bits per heavy atom. The van der Waals surface area contributed by atoms with Crippen LogP contribution >= 0.6 is 15.9 Å². The van der Waals surface area contributed by atoms with E-state index in [0.717, 1.165) is 12.0 Å². The summed E-state index contributed by atoms with van der Waals surface area (Å²) < 4.78 is 0. The first-order valence-electron chi connectivity index (χ1n) is 5.42. The van der Waals surface area contributed by atoms with Crippen LogP contribution in [0.15, 0.2) is 24.5 Å². The van der Waals surface area contributed by atoms with Crippen LogP contribution in [0.4, 0.5) is 0 Å². The number of hydrogen-bond donors (Lipinski definition) is 1. The molecule has 0 aliphatic carbocycles. The average molecular weight is 285 g/mol. The number of alkyl halides is 1. The fraction of sp³-hybridized carbons (Fsp3) is 0.500. The Kier molecular flexibility index (Phi) is 5.46. The molecular weight excluding hydrogens is 268 g/mol. The summed E-state index contributed by atoms with van der Waals surface area (Å²) in [6, 6.07) is 3.91. The summed E-state index contributed by atoms with van der Waals surface area (Å²) >= 11 is 3.37. The predicted octanol–water partition coefficient (Wildman–Crippen LogP) is 2.16. The van der Waals surface area contributed by atoms with Crippen molar-refractivity contribution in [3.63, 3.8) is 0 Å². The van der Waals surface area contributed by atoms with E-state index >= 15 is 0 Å². The zero-order valence-electron chi connectivity index (χ0n) is 9.61. The smallest absolute Gasteiger partial charge is 0.234 e. The van der Waals surface area contributed by atoms with Gasteiger partial charge in [0.25, 0.3) is 0 Å². The number of hydrogen-bond acceptors (Lipinski definition) is 2. The quantitative estimate of drug-likeness (QED) is 0.842. The lowest BCUT2D eigenvalue weighted by molar-refractivity contribution is -0.121. The highest BCUT2D eigenvalue weighted by Gasteiger charge is 2.17. The summed E-state index contributed by atoms with van der Waals surface area (Å²) in [7, 11) is 0. The second-order valence-corrected chi connectivity index (χ2v) is 5.03. The van der Waals surface area contributed by atoms with Crippen LogP contribution in [0, 0.1) is 5.92 Å². The van der Waals surface area contributed by atoms with E-state index in [4.69, 9.17) is 0 Å². The van der Waals surface area contributed by atoms with Crippen LogP contribution in [0.1, 0.15) is 19.4 Å². The summed E-state index contributed by atoms with van der Waals surface area (Å²) in [5, 5.41) is 2.90. The third kappa shape index (κ3) is 4.31. The van der Waals surface area contributed by atoms with Gasteiger partial charge in [-0.05, 0) is 24.0 Å². The number of rotatable bonds is 5. The van der Waals surface area contributed by atoms with Crippen molar-refractivity contribution in [3.05, 3.63) is 30.1 Å². The van der Waals surface area contributed by atoms with Crippen LogP contribution in [0.3, 0.4) is 0 Å². The number of carbonyl (C=O) groups excluding carboxylic acids is 1. The standard InChI is InChI=1S/C12H17BrN2O/c1-9(2)11(13)12(16)15-7-5-10-4-3-6-14-8-10/h3-4,6,8-9,11H,5,7H2,1-2H3,(H,15,16). The number of carbonyl (C=O) groups is 1. The molecule has 16 heavy (non-hydrogen) atoms. The molecule has 1 heterocycles. The fourth-order valence-corrected chi connectivity index (χ4v) is 1.44. The van der Waals surface area contributed by atoms with Gasteiger partial charge in [-0.15, -0.1) is 0 Å². The Hall–Kier alpha value is -0.900. The third-order valence-corrected chi connectivity index (χ3v) is 3.74. The molecule has 0 aliphatic heterocycles. The molecule has 0 spiro atoms. The molecule has 0 radical (unpaired) electrons. The van der Waals surface area contributed by atoms with Crippen molar-refractivity contribution >= 4 is 21.8 Å². The molecule has 1 unspecified atom stereocenters. The molecule has 1 rings (SSSR count). The first kappa shape index (κ1) is 13.2. The van der Waals surface area contributed by atoms with Crippen molar-refractivity contribution in [2.75, 3.05) is 6.54 Å². The van der Waals surface area contributed by atoms with Gasteiger partial charge in [0.1, 0.15) is 0 Å². The molecule has 4 heteroatoms. The van der Waals surface area contributed by atoms with E-state index in [-0.39, 0.29) is 10.7 Å². The highest BCUT2D eigenvalue weighted by atomic mass is 79.9. The monoisotopic (exact) mass is 284 g/mol. The van der Waals surface area contributed by atoms with E-state index in [1.807, 2.05) is 32.2 Å². The molecule has 0 saturated heterocycles. The number of halogens is 1. The largest absolute Gasteiger partial charge is 0.355 e. The van der Waals surface area contributed by atoms with Gasteiger partial charge in [0.05, 0.1) is 4.83 Å². The van der Waals surface area contributed by atoms with Crippen LogP contribution in [0.25, 0.3) is 0 Å². The molecule has 1 aromatic heterocycles. The third-order valence-electron chi connectivity index (χ3n) is 2.27. The Morgan fingerprint density at radius 1 is 1.56 bits per heavy atom. The number of nitrogens with one attached hydrogen (secondary N) is 1. The topological polar surface area (TPSA) is 42.0 Å². The maximum atomic E-state index is 11.6. The summed E-state index contributed by atoms with van der Waals surface area (Å²) in [6.07, 6.45) is 4.38. The summed E-state index contributed by atoms with van der Waals surface area (Å²) in [6.45, 7) is 4.68. The van der Waals surface area contributed by atoms with Crippen molar-refractivity contribution in [1.82, 2.24) is 10.3 Å². The SMILES string of the molecule is CC(C)C(Br)C(=O)NCCc1cccnc1. The van der Waals surface area contributed by atoms with Gasteiger partial charge in [0.2, 0.25) is 5.91 Å². The highest BCUT2D eigenvalue weighted by Crippen LogP contribution is 2.11. The normalized spacial score (nSPS) is 12.5. The minimum absolute atomic E-state index is 0.0545. The van der Waals surface area contributed by atoms with Crippen LogP contribution in [0.5, 0.6) is 0 Å². The number of pyridine rings is 1. The lowest BCUT2D eigenvalue weighted by Gasteiger charge is -2.13. The molecule has 0 aliphatic rings. The summed E-state index contributed by atoms with van der Waals surface area (Å²) in [4.78, 5) is 15.5. The zero-order chi connectivity index (χ0) is 12.0. The van der Waals surface area contributed by atoms with Gasteiger partial charge < -0.3 is 5.32 Å². The molecule has 1 aromatic rings. The van der Waals surface area contributed by atoms with Crippen molar-refractivity contribution in [1.29, 1.82) is 0 Å². The Morgan fingerprint density at radius 2 is 2.31 bits per heavy atom. The van der Waals surface area contributed by atoms with Gasteiger partial charge in [-0.1, -0.05) is 35.8 Å². The molecule has 0 aromatic carbocycles. The fourth-order valence-electron chi connectivity index (χ4n) is 1.28. The maximum Gasteiger partial charge on any atom is 0.234 e. The summed E-state index contributed by atoms with van der Waals surface area (Å²) in [5.41, 5.74) is 1.14. The second-order valence-electron chi connectivity index (χ2n) is 4.05. The molecule has 3 nitrogen and oxygen atoms in total. The second kappa shape index (κ2) is 6.63. The molecular formula is C12H17BrN2O. The van der Waals surface area contributed by atoms with Crippen LogP contribution < -0.4 is 5.32 Å². The van der Waals surface area contributed by atoms with Crippen molar-refractivity contribution in [2.45, 2.75) is 25.1 Å². The Balaban J connectivity index is 2.28. The van der Waals surface area contributed by atoms with Crippen LogP contribution in [-0.4, -0.2) is 22.3 Å². The highest BCUT2D eigenvalue weighted by molar-refractivity contribution is 9.10. The van der Waals surface area contributed by atoms with Crippen LogP contribution in [0.2, 0.25) is 0 Å². The van der Waals surface area contributed by atoms with Gasteiger partial charge in [0, 0.05) is 18.9 Å². The molecule has 0 bridgehead atoms. The molecule has 1 atom stereocenters. The van der Waals surface area contributed by atoms with E-state index < -0.39 is 0 Å². The van der Waals surface area contributed by atoms with E-state index in [1.165, 1.54) is 0 Å². The lowest BCUT2D eigenvalue weighted by Crippen LogP contribution is -2.35. The minimum atomic E-state index is -0.110. The van der Waals surface area contributed by atoms with Crippen molar-refractivity contribution < 1.29 is 4.79 Å². The van der Waals surface area contributed by atoms with Gasteiger partial charge in [-0.25, -0.2) is 0 Å². The first-order valence-corrected chi connectivity index (χ1v) is 6.33. The van der Waals surface area contributed by atoms with Crippen molar-refractivity contribution in [3.8, 4) is 0 Å². The number of aromatic nitrogens is 1. The van der Waals surface area contributed by atoms with E-state index in [9.17, 15) is 4.79 Å². The number of amides is 1. The van der Waals surface area contributed by atoms with E-state index in [2.05, 4.69) is 26.2 Å². The molecule has 0 fully saturated rings. The number of nitrogens with zero attached hydrogens (tertiary/aromatic N) is 1. The lowest BCUT2D eigenvalue weighted by atomic mass is 10.1.